The molecule has 0 bridgehead atoms. The van der Waals surface area contributed by atoms with E-state index in [4.69, 9.17) is 9.84 Å². The molecule has 0 aliphatic rings. The zero-order chi connectivity index (χ0) is 22.2. The number of nitrogens with zero attached hydrogens (tertiary/aromatic N) is 1. The molecule has 0 amide bonds. The molecular weight excluding hydrogens is 416 g/mol. The molecule has 0 spiro atoms. The third-order valence-corrected chi connectivity index (χ3v) is 6.96. The second kappa shape index (κ2) is 8.30. The van der Waals surface area contributed by atoms with Crippen molar-refractivity contribution in [2.24, 2.45) is 0 Å². The van der Waals surface area contributed by atoms with Gasteiger partial charge in [0.15, 0.2) is 9.84 Å². The summed E-state index contributed by atoms with van der Waals surface area (Å²) in [6.45, 7) is 3.13. The number of fused-ring (bicyclic) bond motifs is 3. The highest BCUT2D eigenvalue weighted by atomic mass is 32.2. The smallest absolute Gasteiger partial charge is 0.178 e. The molecule has 0 unspecified atom stereocenters. The van der Waals surface area contributed by atoms with Gasteiger partial charge in [0.1, 0.15) is 24.1 Å². The van der Waals surface area contributed by atoms with Crippen molar-refractivity contribution in [3.8, 4) is 16.9 Å². The van der Waals surface area contributed by atoms with Crippen LogP contribution in [0.3, 0.4) is 0 Å². The zero-order valence-corrected chi connectivity index (χ0v) is 18.1. The molecular formula is C23H24N2O5S. The Balaban J connectivity index is 1.95. The van der Waals surface area contributed by atoms with Gasteiger partial charge in [-0.05, 0) is 53.9 Å². The number of aromatic amines is 1. The van der Waals surface area contributed by atoms with E-state index in [9.17, 15) is 13.5 Å². The fourth-order valence-corrected chi connectivity index (χ4v) is 4.51. The summed E-state index contributed by atoms with van der Waals surface area (Å²) < 4.78 is 30.6. The summed E-state index contributed by atoms with van der Waals surface area (Å²) in [6.07, 6.45) is 0.775. The largest absolute Gasteiger partial charge is 0.489 e. The first-order chi connectivity index (χ1) is 14.8. The van der Waals surface area contributed by atoms with Crippen LogP contribution >= 0.6 is 0 Å². The molecule has 0 saturated carbocycles. The van der Waals surface area contributed by atoms with Crippen LogP contribution in [0.25, 0.3) is 33.1 Å². The van der Waals surface area contributed by atoms with Crippen LogP contribution in [0.15, 0.2) is 53.6 Å². The van der Waals surface area contributed by atoms with E-state index in [0.717, 1.165) is 27.5 Å². The summed E-state index contributed by atoms with van der Waals surface area (Å²) >= 11 is 0. The second-order valence-electron chi connectivity index (χ2n) is 7.47. The van der Waals surface area contributed by atoms with Crippen molar-refractivity contribution in [2.45, 2.75) is 24.8 Å². The lowest BCUT2D eigenvalue weighted by atomic mass is 9.99. The first kappa shape index (κ1) is 21.3. The molecule has 2 aromatic heterocycles. The fourth-order valence-electron chi connectivity index (χ4n) is 3.59. The Morgan fingerprint density at radius 2 is 2.00 bits per heavy atom. The molecule has 31 heavy (non-hydrogen) atoms. The van der Waals surface area contributed by atoms with Crippen molar-refractivity contribution < 1.29 is 23.4 Å². The Bertz CT molecular complexity index is 1360. The lowest BCUT2D eigenvalue weighted by molar-refractivity contribution is 0.0540. The number of hydrogen-bond acceptors (Lipinski definition) is 6. The number of benzene rings is 2. The molecule has 7 nitrogen and oxygen atoms in total. The van der Waals surface area contributed by atoms with Gasteiger partial charge in [-0.15, -0.1) is 0 Å². The molecule has 3 N–H and O–H groups in total. The highest BCUT2D eigenvalue weighted by molar-refractivity contribution is 7.91. The van der Waals surface area contributed by atoms with Crippen LogP contribution in [0, 0.1) is 6.92 Å². The minimum absolute atomic E-state index is 0.0298. The SMILES string of the molecule is CCS(=O)(=O)c1cccc(-c2ccc(OC[C@H](O)CO)c3[nH]c4ncc(C)cc4c23)c1. The van der Waals surface area contributed by atoms with E-state index in [1.54, 1.807) is 37.4 Å². The van der Waals surface area contributed by atoms with Crippen molar-refractivity contribution in [3.05, 3.63) is 54.2 Å². The number of aliphatic hydroxyl groups is 2. The van der Waals surface area contributed by atoms with Gasteiger partial charge in [0.25, 0.3) is 0 Å². The minimum atomic E-state index is -3.34. The average Bonchev–Trinajstić information content (AvgIpc) is 3.16. The highest BCUT2D eigenvalue weighted by Crippen LogP contribution is 2.39. The van der Waals surface area contributed by atoms with Crippen LogP contribution in [0.4, 0.5) is 0 Å². The van der Waals surface area contributed by atoms with Crippen LogP contribution in [0.1, 0.15) is 12.5 Å². The van der Waals surface area contributed by atoms with Gasteiger partial charge in [-0.2, -0.15) is 0 Å². The predicted molar refractivity (Wildman–Crippen MR) is 120 cm³/mol. The Labute approximate surface area is 180 Å². The number of ether oxygens (including phenoxy) is 1. The summed E-state index contributed by atoms with van der Waals surface area (Å²) in [5.74, 6) is 0.543. The number of hydrogen-bond donors (Lipinski definition) is 3. The van der Waals surface area contributed by atoms with E-state index in [1.165, 1.54) is 0 Å². The quantitative estimate of drug-likeness (QED) is 0.407. The van der Waals surface area contributed by atoms with Gasteiger partial charge in [-0.25, -0.2) is 13.4 Å². The normalized spacial score (nSPS) is 13.0. The molecule has 162 valence electrons. The summed E-state index contributed by atoms with van der Waals surface area (Å²) in [5.41, 5.74) is 3.97. The lowest BCUT2D eigenvalue weighted by Gasteiger charge is -2.13. The molecule has 0 saturated heterocycles. The molecule has 1 atom stereocenters. The first-order valence-corrected chi connectivity index (χ1v) is 11.6. The molecule has 0 fully saturated rings. The maximum absolute atomic E-state index is 12.4. The summed E-state index contributed by atoms with van der Waals surface area (Å²) in [4.78, 5) is 8.04. The van der Waals surface area contributed by atoms with Gasteiger partial charge in [-0.3, -0.25) is 0 Å². The molecule has 0 radical (unpaired) electrons. The number of rotatable bonds is 7. The first-order valence-electron chi connectivity index (χ1n) is 10.00. The summed E-state index contributed by atoms with van der Waals surface area (Å²) in [5, 5.41) is 20.5. The van der Waals surface area contributed by atoms with Crippen LogP contribution in [0.2, 0.25) is 0 Å². The van der Waals surface area contributed by atoms with E-state index in [0.29, 0.717) is 16.9 Å². The maximum Gasteiger partial charge on any atom is 0.178 e. The van der Waals surface area contributed by atoms with E-state index in [-0.39, 0.29) is 17.3 Å². The monoisotopic (exact) mass is 440 g/mol. The molecule has 4 rings (SSSR count). The van der Waals surface area contributed by atoms with Gasteiger partial charge < -0.3 is 19.9 Å². The summed E-state index contributed by atoms with van der Waals surface area (Å²) in [6, 6.07) is 12.6. The van der Waals surface area contributed by atoms with Crippen molar-refractivity contribution in [3.63, 3.8) is 0 Å². The average molecular weight is 441 g/mol. The fraction of sp³-hybridized carbons (Fsp3) is 0.261. The minimum Gasteiger partial charge on any atom is -0.489 e. The lowest BCUT2D eigenvalue weighted by Crippen LogP contribution is -2.21. The number of pyridine rings is 1. The van der Waals surface area contributed by atoms with Crippen molar-refractivity contribution in [1.82, 2.24) is 9.97 Å². The number of H-pyrrole nitrogens is 1. The molecule has 0 aliphatic heterocycles. The molecule has 4 aromatic rings. The van der Waals surface area contributed by atoms with Crippen molar-refractivity contribution >= 4 is 31.8 Å². The van der Waals surface area contributed by atoms with Crippen molar-refractivity contribution in [2.75, 3.05) is 19.0 Å². The number of sulfone groups is 1. The van der Waals surface area contributed by atoms with Gasteiger partial charge in [-0.1, -0.05) is 19.1 Å². The van der Waals surface area contributed by atoms with Crippen molar-refractivity contribution in [1.29, 1.82) is 0 Å². The highest BCUT2D eigenvalue weighted by Gasteiger charge is 2.18. The van der Waals surface area contributed by atoms with Crippen LogP contribution in [-0.2, 0) is 9.84 Å². The van der Waals surface area contributed by atoms with Gasteiger partial charge in [0.05, 0.1) is 22.8 Å². The second-order valence-corrected chi connectivity index (χ2v) is 9.75. The number of aromatic nitrogens is 2. The number of aliphatic hydroxyl groups excluding tert-OH is 2. The zero-order valence-electron chi connectivity index (χ0n) is 17.3. The Morgan fingerprint density at radius 3 is 2.74 bits per heavy atom. The van der Waals surface area contributed by atoms with E-state index < -0.39 is 22.5 Å². The van der Waals surface area contributed by atoms with Crippen LogP contribution < -0.4 is 4.74 Å². The predicted octanol–water partition coefficient (Wildman–Crippen LogP) is 3.22. The summed E-state index contributed by atoms with van der Waals surface area (Å²) in [7, 11) is -3.34. The van der Waals surface area contributed by atoms with Crippen LogP contribution in [0.5, 0.6) is 5.75 Å². The molecule has 2 heterocycles. The van der Waals surface area contributed by atoms with Gasteiger partial charge in [0, 0.05) is 17.0 Å². The van der Waals surface area contributed by atoms with Gasteiger partial charge >= 0.3 is 0 Å². The third-order valence-electron chi connectivity index (χ3n) is 5.23. The Morgan fingerprint density at radius 1 is 1.19 bits per heavy atom. The Kier molecular flexibility index (Phi) is 5.70. The Hall–Kier alpha value is -2.94. The van der Waals surface area contributed by atoms with E-state index >= 15 is 0 Å². The molecule has 2 aromatic carbocycles. The number of aryl methyl sites for hydroxylation is 1. The van der Waals surface area contributed by atoms with Crippen LogP contribution in [-0.4, -0.2) is 53.7 Å². The van der Waals surface area contributed by atoms with E-state index in [1.807, 2.05) is 25.1 Å². The maximum atomic E-state index is 12.4. The third kappa shape index (κ3) is 4.01. The van der Waals surface area contributed by atoms with E-state index in [2.05, 4.69) is 9.97 Å². The molecule has 0 aliphatic carbocycles. The molecule has 8 heteroatoms. The number of nitrogens with one attached hydrogen (secondary N) is 1. The van der Waals surface area contributed by atoms with Gasteiger partial charge in [0.2, 0.25) is 0 Å². The topological polar surface area (TPSA) is 113 Å². The standard InChI is InChI=1S/C23H24N2O5S/c1-3-31(28,29)17-6-4-5-15(10-17)18-7-8-20(30-13-16(27)12-26)22-21(18)19-9-14(2)11-24-23(19)25-22/h4-11,16,26-27H,3,12-13H2,1-2H3,(H,24,25)/t16-/m1/s1.